The van der Waals surface area contributed by atoms with Crippen LogP contribution in [0, 0.1) is 12.7 Å². The first-order chi connectivity index (χ1) is 15.3. The fraction of sp³-hybridized carbons (Fsp3) is 0.0800. The van der Waals surface area contributed by atoms with Gasteiger partial charge in [-0.3, -0.25) is 14.9 Å². The van der Waals surface area contributed by atoms with Crippen LogP contribution in [0.2, 0.25) is 5.02 Å². The van der Waals surface area contributed by atoms with Gasteiger partial charge in [0.1, 0.15) is 11.4 Å². The molecule has 1 aliphatic heterocycles. The molecule has 0 aliphatic carbocycles. The zero-order valence-electron chi connectivity index (χ0n) is 17.1. The molecule has 5 nitrogen and oxygen atoms in total. The van der Waals surface area contributed by atoms with Gasteiger partial charge in [-0.1, -0.05) is 48.0 Å². The topological polar surface area (TPSA) is 66.5 Å². The number of halogens is 2. The number of carbonyl (C=O) groups excluding carboxylic acids is 3. The standard InChI is InChI=1S/C25H18ClFN2O3/c1-15-5-2-3-8-22(15)29-24(31)21(23(30)28-25(29)32)14-18-13-19(26)10-9-17(18)11-16-6-4-7-20(27)12-16/h2-10,12-14H,11H2,1H3,(H,28,30,32)/b21-14+. The highest BCUT2D eigenvalue weighted by molar-refractivity contribution is 6.39. The third-order valence-electron chi connectivity index (χ3n) is 5.15. The van der Waals surface area contributed by atoms with Crippen LogP contribution in [0.4, 0.5) is 14.9 Å². The third kappa shape index (κ3) is 4.31. The minimum atomic E-state index is -0.808. The number of carbonyl (C=O) groups is 3. The number of urea groups is 1. The Bertz CT molecular complexity index is 1290. The number of barbiturate groups is 1. The summed E-state index contributed by atoms with van der Waals surface area (Å²) in [7, 11) is 0. The lowest BCUT2D eigenvalue weighted by molar-refractivity contribution is -0.122. The Morgan fingerprint density at radius 2 is 1.78 bits per heavy atom. The number of aryl methyl sites for hydroxylation is 1. The summed E-state index contributed by atoms with van der Waals surface area (Å²) in [5.41, 5.74) is 2.89. The monoisotopic (exact) mass is 448 g/mol. The van der Waals surface area contributed by atoms with Crippen molar-refractivity contribution in [2.75, 3.05) is 4.90 Å². The largest absolute Gasteiger partial charge is 0.335 e. The van der Waals surface area contributed by atoms with Crippen LogP contribution in [0.5, 0.6) is 0 Å². The molecule has 0 radical (unpaired) electrons. The van der Waals surface area contributed by atoms with E-state index in [0.717, 1.165) is 16.0 Å². The van der Waals surface area contributed by atoms with E-state index in [1.165, 1.54) is 18.2 Å². The molecular formula is C25H18ClFN2O3. The molecule has 0 saturated carbocycles. The molecule has 0 unspecified atom stereocenters. The van der Waals surface area contributed by atoms with Crippen molar-refractivity contribution < 1.29 is 18.8 Å². The lowest BCUT2D eigenvalue weighted by atomic mass is 9.97. The second kappa shape index (κ2) is 8.77. The average molecular weight is 449 g/mol. The number of nitrogens with zero attached hydrogens (tertiary/aromatic N) is 1. The molecule has 0 spiro atoms. The number of nitrogens with one attached hydrogen (secondary N) is 1. The number of amides is 4. The fourth-order valence-corrected chi connectivity index (χ4v) is 3.75. The summed E-state index contributed by atoms with van der Waals surface area (Å²) < 4.78 is 13.6. The Kier molecular flexibility index (Phi) is 5.88. The van der Waals surface area contributed by atoms with Gasteiger partial charge in [0.15, 0.2) is 0 Å². The van der Waals surface area contributed by atoms with Crippen LogP contribution in [-0.4, -0.2) is 17.8 Å². The lowest BCUT2D eigenvalue weighted by Crippen LogP contribution is -2.54. The predicted molar refractivity (Wildman–Crippen MR) is 121 cm³/mol. The quantitative estimate of drug-likeness (QED) is 0.449. The first-order valence-corrected chi connectivity index (χ1v) is 10.2. The zero-order valence-corrected chi connectivity index (χ0v) is 17.8. The van der Waals surface area contributed by atoms with Crippen molar-refractivity contribution in [3.63, 3.8) is 0 Å². The third-order valence-corrected chi connectivity index (χ3v) is 5.38. The predicted octanol–water partition coefficient (Wildman–Crippen LogP) is 5.04. The van der Waals surface area contributed by atoms with E-state index in [2.05, 4.69) is 5.32 Å². The maximum Gasteiger partial charge on any atom is 0.335 e. The first kappa shape index (κ1) is 21.5. The molecule has 0 aromatic heterocycles. The van der Waals surface area contributed by atoms with Crippen LogP contribution < -0.4 is 10.2 Å². The molecule has 4 amide bonds. The summed E-state index contributed by atoms with van der Waals surface area (Å²) >= 11 is 6.16. The van der Waals surface area contributed by atoms with E-state index in [0.29, 0.717) is 28.3 Å². The second-order valence-electron chi connectivity index (χ2n) is 7.39. The van der Waals surface area contributed by atoms with Crippen LogP contribution >= 0.6 is 11.6 Å². The molecule has 32 heavy (non-hydrogen) atoms. The fourth-order valence-electron chi connectivity index (χ4n) is 3.57. The van der Waals surface area contributed by atoms with Gasteiger partial charge in [0.25, 0.3) is 11.8 Å². The number of para-hydroxylation sites is 1. The molecule has 3 aromatic rings. The van der Waals surface area contributed by atoms with Crippen molar-refractivity contribution in [1.82, 2.24) is 5.32 Å². The summed E-state index contributed by atoms with van der Waals surface area (Å²) in [6.45, 7) is 1.77. The summed E-state index contributed by atoms with van der Waals surface area (Å²) in [4.78, 5) is 39.1. The number of hydrogen-bond acceptors (Lipinski definition) is 3. The van der Waals surface area contributed by atoms with Gasteiger partial charge < -0.3 is 0 Å². The molecule has 7 heteroatoms. The minimum absolute atomic E-state index is 0.199. The summed E-state index contributed by atoms with van der Waals surface area (Å²) in [5, 5.41) is 2.64. The highest BCUT2D eigenvalue weighted by Crippen LogP contribution is 2.27. The van der Waals surface area contributed by atoms with Crippen molar-refractivity contribution in [2.24, 2.45) is 0 Å². The van der Waals surface area contributed by atoms with E-state index in [-0.39, 0.29) is 11.4 Å². The Morgan fingerprint density at radius 1 is 1.00 bits per heavy atom. The molecule has 1 aliphatic rings. The van der Waals surface area contributed by atoms with E-state index in [1.807, 2.05) is 0 Å². The number of anilines is 1. The van der Waals surface area contributed by atoms with E-state index >= 15 is 0 Å². The van der Waals surface area contributed by atoms with Crippen LogP contribution in [0.1, 0.15) is 22.3 Å². The molecule has 0 bridgehead atoms. The maximum absolute atomic E-state index is 13.6. The molecule has 1 N–H and O–H groups in total. The molecule has 0 atom stereocenters. The van der Waals surface area contributed by atoms with Crippen molar-refractivity contribution in [1.29, 1.82) is 0 Å². The normalized spacial score (nSPS) is 15.3. The van der Waals surface area contributed by atoms with Gasteiger partial charge in [-0.2, -0.15) is 0 Å². The van der Waals surface area contributed by atoms with E-state index in [1.54, 1.807) is 61.5 Å². The van der Waals surface area contributed by atoms with Gasteiger partial charge in [0.05, 0.1) is 5.69 Å². The Balaban J connectivity index is 1.76. The van der Waals surface area contributed by atoms with Crippen molar-refractivity contribution >= 4 is 41.2 Å². The zero-order chi connectivity index (χ0) is 22.8. The van der Waals surface area contributed by atoms with Crippen LogP contribution in [-0.2, 0) is 16.0 Å². The number of imide groups is 2. The number of benzene rings is 3. The molecule has 160 valence electrons. The summed E-state index contributed by atoms with van der Waals surface area (Å²) in [6, 6.07) is 17.3. The molecule has 1 fully saturated rings. The lowest BCUT2D eigenvalue weighted by Gasteiger charge is -2.27. The van der Waals surface area contributed by atoms with Gasteiger partial charge in [-0.25, -0.2) is 14.1 Å². The summed E-state index contributed by atoms with van der Waals surface area (Å²) in [6.07, 6.45) is 1.78. The van der Waals surface area contributed by atoms with E-state index in [9.17, 15) is 18.8 Å². The SMILES string of the molecule is Cc1ccccc1N1C(=O)NC(=O)/C(=C\c2cc(Cl)ccc2Cc2cccc(F)c2)C1=O. The minimum Gasteiger partial charge on any atom is -0.273 e. The molecular weight excluding hydrogens is 431 g/mol. The Morgan fingerprint density at radius 3 is 2.53 bits per heavy atom. The smallest absolute Gasteiger partial charge is 0.273 e. The second-order valence-corrected chi connectivity index (χ2v) is 7.83. The van der Waals surface area contributed by atoms with Crippen LogP contribution in [0.25, 0.3) is 6.08 Å². The highest BCUT2D eigenvalue weighted by Gasteiger charge is 2.37. The average Bonchev–Trinajstić information content (AvgIpc) is 2.74. The molecule has 1 heterocycles. The molecule has 1 saturated heterocycles. The first-order valence-electron chi connectivity index (χ1n) is 9.83. The number of rotatable bonds is 4. The number of hydrogen-bond donors (Lipinski definition) is 1. The van der Waals surface area contributed by atoms with Crippen molar-refractivity contribution in [3.8, 4) is 0 Å². The van der Waals surface area contributed by atoms with Gasteiger partial charge in [-0.05, 0) is 72.0 Å². The van der Waals surface area contributed by atoms with Gasteiger partial charge in [0.2, 0.25) is 0 Å². The maximum atomic E-state index is 13.6. The highest BCUT2D eigenvalue weighted by atomic mass is 35.5. The van der Waals surface area contributed by atoms with Crippen LogP contribution in [0.3, 0.4) is 0 Å². The summed E-state index contributed by atoms with van der Waals surface area (Å²) in [5.74, 6) is -1.88. The van der Waals surface area contributed by atoms with Crippen LogP contribution in [0.15, 0.2) is 72.3 Å². The Labute approximate surface area is 189 Å². The van der Waals surface area contributed by atoms with E-state index in [4.69, 9.17) is 11.6 Å². The van der Waals surface area contributed by atoms with Gasteiger partial charge in [0, 0.05) is 5.02 Å². The van der Waals surface area contributed by atoms with Crippen molar-refractivity contribution in [3.05, 3.63) is 105 Å². The van der Waals surface area contributed by atoms with E-state index < -0.39 is 17.8 Å². The van der Waals surface area contributed by atoms with Gasteiger partial charge >= 0.3 is 6.03 Å². The molecule has 4 rings (SSSR count). The molecule has 3 aromatic carbocycles. The Hall–Kier alpha value is -3.77. The van der Waals surface area contributed by atoms with Gasteiger partial charge in [-0.15, -0.1) is 0 Å². The van der Waals surface area contributed by atoms with Crippen molar-refractivity contribution in [2.45, 2.75) is 13.3 Å².